The average Bonchev–Trinajstić information content (AvgIpc) is 2.54. The van der Waals surface area contributed by atoms with Gasteiger partial charge in [0.2, 0.25) is 5.91 Å². The van der Waals surface area contributed by atoms with Gasteiger partial charge in [-0.1, -0.05) is 36.4 Å². The monoisotopic (exact) mass is 284 g/mol. The highest BCUT2D eigenvalue weighted by Crippen LogP contribution is 2.27. The molecule has 2 N–H and O–H groups in total. The summed E-state index contributed by atoms with van der Waals surface area (Å²) in [7, 11) is 3.35. The maximum absolute atomic E-state index is 12.5. The number of benzene rings is 2. The van der Waals surface area contributed by atoms with E-state index < -0.39 is 0 Å². The van der Waals surface area contributed by atoms with Crippen molar-refractivity contribution in [1.82, 2.24) is 0 Å². The van der Waals surface area contributed by atoms with Crippen LogP contribution in [-0.2, 0) is 17.8 Å². The van der Waals surface area contributed by atoms with Crippen LogP contribution in [0.15, 0.2) is 48.5 Å². The number of hydrogen-bond acceptors (Lipinski definition) is 3. The first-order chi connectivity index (χ1) is 10.2. The Bertz CT molecular complexity index is 626. The quantitative estimate of drug-likeness (QED) is 0.917. The number of nitrogens with two attached hydrogens (primary N) is 1. The normalized spacial score (nSPS) is 10.2. The van der Waals surface area contributed by atoms with E-state index in [0.29, 0.717) is 18.7 Å². The van der Waals surface area contributed by atoms with Gasteiger partial charge in [-0.3, -0.25) is 4.79 Å². The Morgan fingerprint density at radius 1 is 1.10 bits per heavy atom. The van der Waals surface area contributed by atoms with Crippen molar-refractivity contribution in [3.8, 4) is 5.75 Å². The fourth-order valence-corrected chi connectivity index (χ4v) is 2.25. The number of anilines is 1. The molecule has 0 unspecified atom stereocenters. The molecule has 0 fully saturated rings. The standard InChI is InChI=1S/C17H20N2O2/c1-19(15-9-5-6-10-16(15)21-2)17(20)11-13-7-3-4-8-14(13)12-18/h3-10H,11-12,18H2,1-2H3. The van der Waals surface area contributed by atoms with Gasteiger partial charge in [0, 0.05) is 13.6 Å². The number of carbonyl (C=O) groups excluding carboxylic acids is 1. The van der Waals surface area contributed by atoms with Crippen LogP contribution in [0, 0.1) is 0 Å². The lowest BCUT2D eigenvalue weighted by atomic mass is 10.0. The van der Waals surface area contributed by atoms with E-state index in [9.17, 15) is 4.79 Å². The molecule has 2 aromatic rings. The molecule has 0 radical (unpaired) electrons. The molecule has 4 nitrogen and oxygen atoms in total. The smallest absolute Gasteiger partial charge is 0.231 e. The van der Waals surface area contributed by atoms with Crippen LogP contribution in [0.4, 0.5) is 5.69 Å². The van der Waals surface area contributed by atoms with Crippen molar-refractivity contribution >= 4 is 11.6 Å². The molecule has 0 aliphatic carbocycles. The third-order valence-corrected chi connectivity index (χ3v) is 3.50. The molecule has 2 rings (SSSR count). The first-order valence-corrected chi connectivity index (χ1v) is 6.83. The topological polar surface area (TPSA) is 55.6 Å². The highest BCUT2D eigenvalue weighted by molar-refractivity contribution is 5.95. The number of amides is 1. The van der Waals surface area contributed by atoms with E-state index in [2.05, 4.69) is 0 Å². The van der Waals surface area contributed by atoms with Crippen molar-refractivity contribution in [3.63, 3.8) is 0 Å². The minimum Gasteiger partial charge on any atom is -0.495 e. The molecule has 0 spiro atoms. The van der Waals surface area contributed by atoms with Crippen molar-refractivity contribution in [1.29, 1.82) is 0 Å². The number of carbonyl (C=O) groups is 1. The lowest BCUT2D eigenvalue weighted by molar-refractivity contribution is -0.117. The number of para-hydroxylation sites is 2. The number of nitrogens with zero attached hydrogens (tertiary/aromatic N) is 1. The van der Waals surface area contributed by atoms with E-state index in [4.69, 9.17) is 10.5 Å². The van der Waals surface area contributed by atoms with Crippen LogP contribution in [0.2, 0.25) is 0 Å². The van der Waals surface area contributed by atoms with Gasteiger partial charge in [-0.25, -0.2) is 0 Å². The highest BCUT2D eigenvalue weighted by Gasteiger charge is 2.16. The van der Waals surface area contributed by atoms with E-state index in [1.807, 2.05) is 48.5 Å². The average molecular weight is 284 g/mol. The van der Waals surface area contributed by atoms with Gasteiger partial charge in [-0.15, -0.1) is 0 Å². The number of likely N-dealkylation sites (N-methyl/N-ethyl adjacent to an activating group) is 1. The van der Waals surface area contributed by atoms with Crippen molar-refractivity contribution in [2.24, 2.45) is 5.73 Å². The van der Waals surface area contributed by atoms with Crippen LogP contribution in [0.1, 0.15) is 11.1 Å². The third-order valence-electron chi connectivity index (χ3n) is 3.50. The second-order valence-corrected chi connectivity index (χ2v) is 4.77. The Morgan fingerprint density at radius 3 is 2.38 bits per heavy atom. The first-order valence-electron chi connectivity index (χ1n) is 6.83. The summed E-state index contributed by atoms with van der Waals surface area (Å²) in [5, 5.41) is 0. The van der Waals surface area contributed by atoms with Crippen molar-refractivity contribution in [2.75, 3.05) is 19.1 Å². The van der Waals surface area contributed by atoms with Crippen LogP contribution in [-0.4, -0.2) is 20.1 Å². The number of hydrogen-bond donors (Lipinski definition) is 1. The second kappa shape index (κ2) is 6.90. The molecule has 4 heteroatoms. The van der Waals surface area contributed by atoms with Crippen molar-refractivity contribution in [2.45, 2.75) is 13.0 Å². The summed E-state index contributed by atoms with van der Waals surface area (Å²) in [4.78, 5) is 14.1. The molecule has 0 saturated heterocycles. The lowest BCUT2D eigenvalue weighted by Crippen LogP contribution is -2.28. The lowest BCUT2D eigenvalue weighted by Gasteiger charge is -2.20. The molecular weight excluding hydrogens is 264 g/mol. The van der Waals surface area contributed by atoms with E-state index in [1.165, 1.54) is 0 Å². The van der Waals surface area contributed by atoms with Crippen LogP contribution in [0.5, 0.6) is 5.75 Å². The Labute approximate surface area is 125 Å². The van der Waals surface area contributed by atoms with Crippen LogP contribution in [0.3, 0.4) is 0 Å². The Kier molecular flexibility index (Phi) is 4.95. The van der Waals surface area contributed by atoms with Crippen molar-refractivity contribution in [3.05, 3.63) is 59.7 Å². The van der Waals surface area contributed by atoms with Gasteiger partial charge < -0.3 is 15.4 Å². The number of rotatable bonds is 5. The van der Waals surface area contributed by atoms with Gasteiger partial charge in [0.1, 0.15) is 5.75 Å². The molecule has 0 aromatic heterocycles. The van der Waals surface area contributed by atoms with Crippen LogP contribution >= 0.6 is 0 Å². The largest absolute Gasteiger partial charge is 0.495 e. The molecule has 0 aliphatic rings. The Hall–Kier alpha value is -2.33. The summed E-state index contributed by atoms with van der Waals surface area (Å²) >= 11 is 0. The van der Waals surface area contributed by atoms with Crippen molar-refractivity contribution < 1.29 is 9.53 Å². The molecule has 2 aromatic carbocycles. The van der Waals surface area contributed by atoms with E-state index in [1.54, 1.807) is 19.1 Å². The maximum atomic E-state index is 12.5. The molecule has 110 valence electrons. The summed E-state index contributed by atoms with van der Waals surface area (Å²) < 4.78 is 5.30. The minimum absolute atomic E-state index is 0.000370. The third kappa shape index (κ3) is 3.41. The molecule has 21 heavy (non-hydrogen) atoms. The SMILES string of the molecule is COc1ccccc1N(C)C(=O)Cc1ccccc1CN. The highest BCUT2D eigenvalue weighted by atomic mass is 16.5. The molecule has 0 bridgehead atoms. The van der Waals surface area contributed by atoms with Gasteiger partial charge in [0.25, 0.3) is 0 Å². The molecule has 0 aliphatic heterocycles. The zero-order valence-corrected chi connectivity index (χ0v) is 12.4. The molecule has 0 atom stereocenters. The van der Waals surface area contributed by atoms with Gasteiger partial charge in [0.05, 0.1) is 19.2 Å². The first kappa shape index (κ1) is 15.1. The summed E-state index contributed by atoms with van der Waals surface area (Å²) in [5.41, 5.74) is 8.44. The molecule has 1 amide bonds. The van der Waals surface area contributed by atoms with E-state index in [-0.39, 0.29) is 5.91 Å². The summed E-state index contributed by atoms with van der Waals surface area (Å²) in [6.07, 6.45) is 0.321. The fraction of sp³-hybridized carbons (Fsp3) is 0.235. The Morgan fingerprint density at radius 2 is 1.71 bits per heavy atom. The van der Waals surface area contributed by atoms with Gasteiger partial charge in [-0.05, 0) is 23.3 Å². The predicted octanol–water partition coefficient (Wildman–Crippen LogP) is 2.36. The predicted molar refractivity (Wildman–Crippen MR) is 84.4 cm³/mol. The molecule has 0 heterocycles. The summed E-state index contributed by atoms with van der Waals surface area (Å²) in [5.74, 6) is 0.681. The zero-order chi connectivity index (χ0) is 15.2. The zero-order valence-electron chi connectivity index (χ0n) is 12.4. The number of ether oxygens (including phenoxy) is 1. The fourth-order valence-electron chi connectivity index (χ4n) is 2.25. The van der Waals surface area contributed by atoms with E-state index >= 15 is 0 Å². The minimum atomic E-state index is 0.000370. The Balaban J connectivity index is 2.20. The van der Waals surface area contributed by atoms with Gasteiger partial charge >= 0.3 is 0 Å². The second-order valence-electron chi connectivity index (χ2n) is 4.77. The van der Waals surface area contributed by atoms with Gasteiger partial charge in [-0.2, -0.15) is 0 Å². The maximum Gasteiger partial charge on any atom is 0.231 e. The summed E-state index contributed by atoms with van der Waals surface area (Å²) in [6, 6.07) is 15.2. The van der Waals surface area contributed by atoms with Crippen LogP contribution < -0.4 is 15.4 Å². The molecular formula is C17H20N2O2. The van der Waals surface area contributed by atoms with E-state index in [0.717, 1.165) is 16.8 Å². The van der Waals surface area contributed by atoms with Gasteiger partial charge in [0.15, 0.2) is 0 Å². The molecule has 0 saturated carbocycles. The van der Waals surface area contributed by atoms with Crippen LogP contribution in [0.25, 0.3) is 0 Å². The number of methoxy groups -OCH3 is 1. The summed E-state index contributed by atoms with van der Waals surface area (Å²) in [6.45, 7) is 0.432.